The van der Waals surface area contributed by atoms with E-state index < -0.39 is 0 Å². The lowest BCUT2D eigenvalue weighted by Crippen LogP contribution is -2.45. The molecule has 7 heteroatoms. The zero-order valence-corrected chi connectivity index (χ0v) is 12.9. The third-order valence-electron chi connectivity index (χ3n) is 4.62. The smallest absolute Gasteiger partial charge is 0.276 e. The summed E-state index contributed by atoms with van der Waals surface area (Å²) < 4.78 is 11.1. The summed E-state index contributed by atoms with van der Waals surface area (Å²) in [5.74, 6) is 1.02. The molecule has 2 fully saturated rings. The highest BCUT2D eigenvalue weighted by Gasteiger charge is 2.41. The van der Waals surface area contributed by atoms with Crippen LogP contribution in [0.2, 0.25) is 0 Å². The number of aryl methyl sites for hydroxylation is 1. The molecule has 0 bridgehead atoms. The first-order chi connectivity index (χ1) is 11.2. The Balaban J connectivity index is 1.44. The summed E-state index contributed by atoms with van der Waals surface area (Å²) in [5.41, 5.74) is 1.28. The van der Waals surface area contributed by atoms with Gasteiger partial charge in [0.15, 0.2) is 5.69 Å². The van der Waals surface area contributed by atoms with Gasteiger partial charge in [-0.3, -0.25) is 4.79 Å². The third-order valence-corrected chi connectivity index (χ3v) is 4.62. The van der Waals surface area contributed by atoms with Crippen molar-refractivity contribution in [1.82, 2.24) is 20.0 Å². The summed E-state index contributed by atoms with van der Waals surface area (Å²) in [6, 6.07) is 3.57. The molecule has 0 spiro atoms. The van der Waals surface area contributed by atoms with E-state index in [1.165, 1.54) is 0 Å². The van der Waals surface area contributed by atoms with Crippen molar-refractivity contribution >= 4 is 5.91 Å². The number of piperidine rings is 1. The molecule has 0 saturated carbocycles. The lowest BCUT2D eigenvalue weighted by Gasteiger charge is -2.33. The zero-order chi connectivity index (χ0) is 15.8. The Morgan fingerprint density at radius 1 is 1.43 bits per heavy atom. The second kappa shape index (κ2) is 5.73. The van der Waals surface area contributed by atoms with Crippen LogP contribution in [0.3, 0.4) is 0 Å². The minimum atomic E-state index is -0.0885. The summed E-state index contributed by atoms with van der Waals surface area (Å²) in [5, 5.41) is 3.81. The topological polar surface area (TPSA) is 81.4 Å². The van der Waals surface area contributed by atoms with Crippen molar-refractivity contribution in [2.75, 3.05) is 13.1 Å². The van der Waals surface area contributed by atoms with Gasteiger partial charge in [-0.15, -0.1) is 0 Å². The summed E-state index contributed by atoms with van der Waals surface area (Å²) in [6.07, 6.45) is 5.22. The molecule has 0 N–H and O–H groups in total. The van der Waals surface area contributed by atoms with Crippen LogP contribution in [-0.2, 0) is 4.74 Å². The van der Waals surface area contributed by atoms with E-state index in [2.05, 4.69) is 15.1 Å². The molecule has 120 valence electrons. The Kier molecular flexibility index (Phi) is 3.57. The molecule has 1 amide bonds. The summed E-state index contributed by atoms with van der Waals surface area (Å²) >= 11 is 0. The number of amides is 1. The van der Waals surface area contributed by atoms with Gasteiger partial charge in [-0.25, -0.2) is 9.97 Å². The maximum atomic E-state index is 12.5. The minimum absolute atomic E-state index is 0.00246. The monoisotopic (exact) mass is 314 g/mol. The van der Waals surface area contributed by atoms with Crippen LogP contribution in [0.25, 0.3) is 0 Å². The lowest BCUT2D eigenvalue weighted by molar-refractivity contribution is -0.00590. The van der Waals surface area contributed by atoms with E-state index in [1.807, 2.05) is 6.07 Å². The molecular formula is C16H18N4O3. The van der Waals surface area contributed by atoms with Crippen molar-refractivity contribution in [1.29, 1.82) is 0 Å². The average Bonchev–Trinajstić information content (AvgIpc) is 3.20. The minimum Gasteiger partial charge on any atom is -0.367 e. The first kappa shape index (κ1) is 14.3. The second-order valence-electron chi connectivity index (χ2n) is 6.16. The van der Waals surface area contributed by atoms with Crippen LogP contribution in [-0.4, -0.2) is 45.1 Å². The number of ether oxygens (including phenoxy) is 1. The first-order valence-electron chi connectivity index (χ1n) is 7.84. The highest BCUT2D eigenvalue weighted by molar-refractivity contribution is 5.92. The van der Waals surface area contributed by atoms with Gasteiger partial charge in [0, 0.05) is 25.4 Å². The van der Waals surface area contributed by atoms with Crippen LogP contribution in [0.1, 0.15) is 40.9 Å². The number of rotatable bonds is 2. The molecule has 0 radical (unpaired) electrons. The maximum Gasteiger partial charge on any atom is 0.276 e. The van der Waals surface area contributed by atoms with Gasteiger partial charge in [0.05, 0.1) is 11.8 Å². The van der Waals surface area contributed by atoms with Gasteiger partial charge in [0.1, 0.15) is 18.2 Å². The number of aromatic nitrogens is 3. The molecule has 3 atom stereocenters. The van der Waals surface area contributed by atoms with Crippen LogP contribution >= 0.6 is 0 Å². The van der Waals surface area contributed by atoms with Crippen LogP contribution in [0.5, 0.6) is 0 Å². The number of nitrogens with zero attached hydrogens (tertiary/aromatic N) is 4. The van der Waals surface area contributed by atoms with Gasteiger partial charge >= 0.3 is 0 Å². The largest absolute Gasteiger partial charge is 0.367 e. The summed E-state index contributed by atoms with van der Waals surface area (Å²) in [4.78, 5) is 22.5. The fourth-order valence-electron chi connectivity index (χ4n) is 3.43. The molecular weight excluding hydrogens is 296 g/mol. The van der Waals surface area contributed by atoms with E-state index in [4.69, 9.17) is 9.26 Å². The molecule has 0 aliphatic carbocycles. The predicted molar refractivity (Wildman–Crippen MR) is 79.5 cm³/mol. The summed E-state index contributed by atoms with van der Waals surface area (Å²) in [7, 11) is 0. The van der Waals surface area contributed by atoms with Crippen molar-refractivity contribution in [2.45, 2.75) is 32.0 Å². The van der Waals surface area contributed by atoms with Crippen LogP contribution in [0.15, 0.2) is 29.2 Å². The summed E-state index contributed by atoms with van der Waals surface area (Å²) in [6.45, 7) is 3.10. The molecule has 2 saturated heterocycles. The van der Waals surface area contributed by atoms with E-state index in [0.29, 0.717) is 23.9 Å². The van der Waals surface area contributed by atoms with Gasteiger partial charge in [-0.1, -0.05) is 5.16 Å². The van der Waals surface area contributed by atoms with E-state index in [9.17, 15) is 4.79 Å². The number of hydrogen-bond acceptors (Lipinski definition) is 6. The van der Waals surface area contributed by atoms with Crippen molar-refractivity contribution in [2.24, 2.45) is 5.92 Å². The van der Waals surface area contributed by atoms with Gasteiger partial charge in [-0.05, 0) is 31.7 Å². The van der Waals surface area contributed by atoms with Crippen molar-refractivity contribution in [3.63, 3.8) is 0 Å². The lowest BCUT2D eigenvalue weighted by atomic mass is 9.91. The second-order valence-corrected chi connectivity index (χ2v) is 6.16. The van der Waals surface area contributed by atoms with Crippen LogP contribution < -0.4 is 0 Å². The molecule has 23 heavy (non-hydrogen) atoms. The molecule has 2 aliphatic heterocycles. The van der Waals surface area contributed by atoms with E-state index >= 15 is 0 Å². The van der Waals surface area contributed by atoms with Crippen molar-refractivity contribution in [3.05, 3.63) is 41.8 Å². The Hall–Kier alpha value is -2.28. The fraction of sp³-hybridized carbons (Fsp3) is 0.500. The highest BCUT2D eigenvalue weighted by Crippen LogP contribution is 2.40. The highest BCUT2D eigenvalue weighted by atomic mass is 16.5. The van der Waals surface area contributed by atoms with Crippen molar-refractivity contribution < 1.29 is 14.1 Å². The van der Waals surface area contributed by atoms with Gasteiger partial charge < -0.3 is 14.2 Å². The first-order valence-corrected chi connectivity index (χ1v) is 7.84. The van der Waals surface area contributed by atoms with E-state index in [-0.39, 0.29) is 18.1 Å². The van der Waals surface area contributed by atoms with E-state index in [0.717, 1.165) is 25.1 Å². The molecule has 0 unspecified atom stereocenters. The fourth-order valence-corrected chi connectivity index (χ4v) is 3.43. The Bertz CT molecular complexity index is 702. The zero-order valence-electron chi connectivity index (χ0n) is 12.9. The van der Waals surface area contributed by atoms with Gasteiger partial charge in [-0.2, -0.15) is 0 Å². The molecule has 4 rings (SSSR count). The molecule has 2 aromatic heterocycles. The van der Waals surface area contributed by atoms with Gasteiger partial charge in [0.2, 0.25) is 0 Å². The third kappa shape index (κ3) is 2.72. The predicted octanol–water partition coefficient (Wildman–Crippen LogP) is 1.77. The number of carbonyl (C=O) groups is 1. The normalized spacial score (nSPS) is 27.0. The van der Waals surface area contributed by atoms with Crippen molar-refractivity contribution in [3.8, 4) is 0 Å². The van der Waals surface area contributed by atoms with Gasteiger partial charge in [0.25, 0.3) is 5.91 Å². The van der Waals surface area contributed by atoms with Crippen LogP contribution in [0, 0.1) is 12.8 Å². The number of fused-ring (bicyclic) bond motifs is 1. The Morgan fingerprint density at radius 2 is 2.35 bits per heavy atom. The Morgan fingerprint density at radius 3 is 3.09 bits per heavy atom. The quantitative estimate of drug-likeness (QED) is 0.840. The average molecular weight is 314 g/mol. The number of likely N-dealkylation sites (tertiary alicyclic amines) is 1. The SMILES string of the molecule is Cc1cc(C(=O)N2CC[C@@H]3C[C@H](c4ccncn4)O[C@H]3C2)no1. The molecule has 2 aromatic rings. The molecule has 4 heterocycles. The maximum absolute atomic E-state index is 12.5. The Labute approximate surface area is 133 Å². The van der Waals surface area contributed by atoms with Crippen LogP contribution in [0.4, 0.5) is 0 Å². The number of carbonyl (C=O) groups excluding carboxylic acids is 1. The molecule has 2 aliphatic rings. The molecule has 0 aromatic carbocycles. The molecule has 7 nitrogen and oxygen atoms in total. The number of hydrogen-bond donors (Lipinski definition) is 0. The van der Waals surface area contributed by atoms with E-state index in [1.54, 1.807) is 30.4 Å². The standard InChI is InChI=1S/C16H18N4O3/c1-10-6-13(19-23-10)16(21)20-5-3-11-7-14(22-15(11)8-20)12-2-4-17-9-18-12/h2,4,6,9,11,14-15H,3,5,7-8H2,1H3/t11-,14-,15+/m1/s1.